The molecule has 6 heteroatoms. The van der Waals surface area contributed by atoms with Crippen molar-refractivity contribution in [3.8, 4) is 0 Å². The summed E-state index contributed by atoms with van der Waals surface area (Å²) in [6.45, 7) is 13.3. The molecular weight excluding hydrogens is 352 g/mol. The smallest absolute Gasteiger partial charge is 0.191 e. The Hall–Kier alpha value is -1.63. The van der Waals surface area contributed by atoms with E-state index < -0.39 is 0 Å². The maximum atomic E-state index is 5.82. The number of aliphatic imine (C=N–C) groups is 1. The van der Waals surface area contributed by atoms with E-state index in [2.05, 4.69) is 41.5 Å². The molecule has 1 aromatic carbocycles. The second-order valence-electron chi connectivity index (χ2n) is 7.41. The molecule has 6 nitrogen and oxygen atoms in total. The van der Waals surface area contributed by atoms with Gasteiger partial charge >= 0.3 is 0 Å². The predicted molar refractivity (Wildman–Crippen MR) is 116 cm³/mol. The van der Waals surface area contributed by atoms with Gasteiger partial charge in [-0.1, -0.05) is 37.3 Å². The van der Waals surface area contributed by atoms with Gasteiger partial charge in [-0.3, -0.25) is 9.89 Å². The first kappa shape index (κ1) is 22.7. The highest BCUT2D eigenvalue weighted by Crippen LogP contribution is 2.04. The lowest BCUT2D eigenvalue weighted by Crippen LogP contribution is -2.39. The zero-order valence-corrected chi connectivity index (χ0v) is 17.7. The molecule has 1 aliphatic heterocycles. The molecule has 0 spiro atoms. The number of ether oxygens (including phenoxy) is 2. The van der Waals surface area contributed by atoms with Crippen molar-refractivity contribution in [1.29, 1.82) is 0 Å². The molecule has 1 aliphatic rings. The summed E-state index contributed by atoms with van der Waals surface area (Å²) in [5, 5.41) is 6.78. The molecule has 1 unspecified atom stereocenters. The van der Waals surface area contributed by atoms with Crippen LogP contribution in [0.1, 0.15) is 32.3 Å². The Morgan fingerprint density at radius 2 is 1.96 bits per heavy atom. The van der Waals surface area contributed by atoms with Crippen molar-refractivity contribution in [2.45, 2.75) is 33.3 Å². The van der Waals surface area contributed by atoms with Gasteiger partial charge in [0.1, 0.15) is 0 Å². The van der Waals surface area contributed by atoms with Crippen molar-refractivity contribution >= 4 is 5.96 Å². The molecule has 1 aromatic rings. The van der Waals surface area contributed by atoms with Crippen molar-refractivity contribution in [3.63, 3.8) is 0 Å². The van der Waals surface area contributed by atoms with Crippen molar-refractivity contribution in [2.75, 3.05) is 59.1 Å². The Bertz CT molecular complexity index is 533. The zero-order chi connectivity index (χ0) is 19.9. The highest BCUT2D eigenvalue weighted by atomic mass is 16.5. The lowest BCUT2D eigenvalue weighted by molar-refractivity contribution is 0.0372. The van der Waals surface area contributed by atoms with E-state index in [4.69, 9.17) is 14.5 Å². The first-order valence-electron chi connectivity index (χ1n) is 10.7. The summed E-state index contributed by atoms with van der Waals surface area (Å²) >= 11 is 0. The minimum Gasteiger partial charge on any atom is -0.379 e. The number of hydrogen-bond donors (Lipinski definition) is 2. The number of hydrogen-bond acceptors (Lipinski definition) is 4. The molecule has 0 bridgehead atoms. The summed E-state index contributed by atoms with van der Waals surface area (Å²) in [5.41, 5.74) is 1.21. The minimum absolute atomic E-state index is 0.389. The second kappa shape index (κ2) is 14.4. The zero-order valence-electron chi connectivity index (χ0n) is 17.7. The topological polar surface area (TPSA) is 58.1 Å². The molecule has 1 atom stereocenters. The maximum absolute atomic E-state index is 5.82. The highest BCUT2D eigenvalue weighted by Gasteiger charge is 2.09. The van der Waals surface area contributed by atoms with Crippen LogP contribution in [0, 0.1) is 5.92 Å². The van der Waals surface area contributed by atoms with E-state index in [1.807, 2.05) is 18.2 Å². The van der Waals surface area contributed by atoms with Crippen LogP contribution in [-0.2, 0) is 16.1 Å². The summed E-state index contributed by atoms with van der Waals surface area (Å²) < 4.78 is 11.2. The van der Waals surface area contributed by atoms with Gasteiger partial charge in [-0.15, -0.1) is 0 Å². The largest absolute Gasteiger partial charge is 0.379 e. The third-order valence-electron chi connectivity index (χ3n) is 4.72. The normalized spacial score (nSPS) is 16.7. The quantitative estimate of drug-likeness (QED) is 0.326. The Morgan fingerprint density at radius 3 is 2.71 bits per heavy atom. The number of guanidine groups is 1. The van der Waals surface area contributed by atoms with Gasteiger partial charge in [0.2, 0.25) is 0 Å². The van der Waals surface area contributed by atoms with Crippen LogP contribution in [0.5, 0.6) is 0 Å². The third kappa shape index (κ3) is 10.1. The van der Waals surface area contributed by atoms with Gasteiger partial charge in [0, 0.05) is 32.7 Å². The molecule has 0 aliphatic carbocycles. The van der Waals surface area contributed by atoms with Gasteiger partial charge < -0.3 is 20.1 Å². The molecule has 28 heavy (non-hydrogen) atoms. The van der Waals surface area contributed by atoms with Crippen molar-refractivity contribution < 1.29 is 9.47 Å². The van der Waals surface area contributed by atoms with Gasteiger partial charge in [-0.25, -0.2) is 0 Å². The average Bonchev–Trinajstić information content (AvgIpc) is 2.73. The standard InChI is InChI=1S/C22H38N4O2/c1-3-23-22(24-11-7-8-12-26-13-15-27-16-14-26)25-17-20(2)18-28-19-21-9-5-4-6-10-21/h4-6,9-10,20H,3,7-8,11-19H2,1-2H3,(H2,23,24,25). The summed E-state index contributed by atoms with van der Waals surface area (Å²) in [6, 6.07) is 10.3. The number of nitrogens with one attached hydrogen (secondary N) is 2. The molecule has 1 fully saturated rings. The predicted octanol–water partition coefficient (Wildman–Crippen LogP) is 2.51. The molecule has 158 valence electrons. The number of unbranched alkanes of at least 4 members (excludes halogenated alkanes) is 1. The Kier molecular flexibility index (Phi) is 11.6. The minimum atomic E-state index is 0.389. The monoisotopic (exact) mass is 390 g/mol. The van der Waals surface area contributed by atoms with Crippen molar-refractivity contribution in [3.05, 3.63) is 35.9 Å². The van der Waals surface area contributed by atoms with E-state index in [9.17, 15) is 0 Å². The second-order valence-corrected chi connectivity index (χ2v) is 7.41. The van der Waals surface area contributed by atoms with Crippen LogP contribution in [0.3, 0.4) is 0 Å². The Morgan fingerprint density at radius 1 is 1.18 bits per heavy atom. The lowest BCUT2D eigenvalue weighted by atomic mass is 10.2. The van der Waals surface area contributed by atoms with Crippen LogP contribution in [-0.4, -0.2) is 69.9 Å². The van der Waals surface area contributed by atoms with E-state index >= 15 is 0 Å². The molecule has 1 saturated heterocycles. The lowest BCUT2D eigenvalue weighted by Gasteiger charge is -2.26. The van der Waals surface area contributed by atoms with E-state index in [-0.39, 0.29) is 0 Å². The van der Waals surface area contributed by atoms with Gasteiger partial charge in [0.15, 0.2) is 5.96 Å². The SMILES string of the molecule is CCNC(=NCC(C)COCc1ccccc1)NCCCCN1CCOCC1. The van der Waals surface area contributed by atoms with E-state index in [0.29, 0.717) is 12.5 Å². The molecule has 0 aromatic heterocycles. The summed E-state index contributed by atoms with van der Waals surface area (Å²) in [6.07, 6.45) is 2.35. The van der Waals surface area contributed by atoms with Gasteiger partial charge in [0.25, 0.3) is 0 Å². The maximum Gasteiger partial charge on any atom is 0.191 e. The van der Waals surface area contributed by atoms with Crippen LogP contribution in [0.25, 0.3) is 0 Å². The average molecular weight is 391 g/mol. The van der Waals surface area contributed by atoms with Crippen LogP contribution in [0.15, 0.2) is 35.3 Å². The Labute approximate surface area is 170 Å². The fourth-order valence-electron chi connectivity index (χ4n) is 3.09. The summed E-state index contributed by atoms with van der Waals surface area (Å²) in [4.78, 5) is 7.20. The first-order chi connectivity index (χ1) is 13.8. The number of rotatable bonds is 12. The Balaban J connectivity index is 1.57. The molecule has 0 saturated carbocycles. The highest BCUT2D eigenvalue weighted by molar-refractivity contribution is 5.79. The van der Waals surface area contributed by atoms with Gasteiger partial charge in [-0.05, 0) is 37.8 Å². The van der Waals surface area contributed by atoms with E-state index in [0.717, 1.165) is 71.5 Å². The number of benzene rings is 1. The van der Waals surface area contributed by atoms with E-state index in [1.54, 1.807) is 0 Å². The van der Waals surface area contributed by atoms with Gasteiger partial charge in [0.05, 0.1) is 26.4 Å². The molecule has 2 N–H and O–H groups in total. The van der Waals surface area contributed by atoms with E-state index in [1.165, 1.54) is 12.0 Å². The molecule has 0 amide bonds. The summed E-state index contributed by atoms with van der Waals surface area (Å²) in [7, 11) is 0. The van der Waals surface area contributed by atoms with Gasteiger partial charge in [-0.2, -0.15) is 0 Å². The summed E-state index contributed by atoms with van der Waals surface area (Å²) in [5.74, 6) is 1.30. The van der Waals surface area contributed by atoms with Crippen LogP contribution < -0.4 is 10.6 Å². The van der Waals surface area contributed by atoms with Crippen LogP contribution in [0.2, 0.25) is 0 Å². The molecule has 2 rings (SSSR count). The number of nitrogens with zero attached hydrogens (tertiary/aromatic N) is 2. The fraction of sp³-hybridized carbons (Fsp3) is 0.682. The van der Waals surface area contributed by atoms with Crippen LogP contribution >= 0.6 is 0 Å². The molecular formula is C22H38N4O2. The fourth-order valence-corrected chi connectivity index (χ4v) is 3.09. The van der Waals surface area contributed by atoms with Crippen molar-refractivity contribution in [1.82, 2.24) is 15.5 Å². The van der Waals surface area contributed by atoms with Crippen molar-refractivity contribution in [2.24, 2.45) is 10.9 Å². The third-order valence-corrected chi connectivity index (χ3v) is 4.72. The van der Waals surface area contributed by atoms with Crippen LogP contribution in [0.4, 0.5) is 0 Å². The first-order valence-corrected chi connectivity index (χ1v) is 10.7. The molecule has 0 radical (unpaired) electrons. The molecule has 1 heterocycles. The number of morpholine rings is 1.